The van der Waals surface area contributed by atoms with Crippen molar-refractivity contribution in [1.82, 2.24) is 19.5 Å². The van der Waals surface area contributed by atoms with Crippen molar-refractivity contribution >= 4 is 43.7 Å². The van der Waals surface area contributed by atoms with Gasteiger partial charge in [0.2, 0.25) is 0 Å². The van der Waals surface area contributed by atoms with E-state index >= 15 is 0 Å². The molecule has 0 bridgehead atoms. The van der Waals surface area contributed by atoms with Crippen molar-refractivity contribution in [2.75, 3.05) is 11.4 Å². The first-order valence-electron chi connectivity index (χ1n) is 8.80. The Labute approximate surface area is 159 Å². The SMILES string of the molecule is Cn1c(C2CCCN2c2ncnc3ccc(Br)cc23)nc2ccccc21. The molecule has 0 aliphatic carbocycles. The highest BCUT2D eigenvalue weighted by atomic mass is 79.9. The third kappa shape index (κ3) is 2.40. The molecule has 3 heterocycles. The lowest BCUT2D eigenvalue weighted by Crippen LogP contribution is -2.26. The van der Waals surface area contributed by atoms with Gasteiger partial charge in [0.25, 0.3) is 0 Å². The van der Waals surface area contributed by atoms with Crippen LogP contribution in [0.5, 0.6) is 0 Å². The van der Waals surface area contributed by atoms with Crippen LogP contribution in [0.15, 0.2) is 53.3 Å². The molecule has 5 rings (SSSR count). The molecule has 26 heavy (non-hydrogen) atoms. The first-order chi connectivity index (χ1) is 12.7. The smallest absolute Gasteiger partial charge is 0.140 e. The number of rotatable bonds is 2. The fraction of sp³-hybridized carbons (Fsp3) is 0.250. The molecule has 1 unspecified atom stereocenters. The van der Waals surface area contributed by atoms with Gasteiger partial charge in [-0.3, -0.25) is 0 Å². The Kier molecular flexibility index (Phi) is 3.67. The van der Waals surface area contributed by atoms with Gasteiger partial charge in [0, 0.05) is 23.5 Å². The van der Waals surface area contributed by atoms with Crippen LogP contribution in [-0.2, 0) is 7.05 Å². The summed E-state index contributed by atoms with van der Waals surface area (Å²) in [5.74, 6) is 2.09. The van der Waals surface area contributed by atoms with Crippen molar-refractivity contribution in [3.05, 3.63) is 59.1 Å². The zero-order chi connectivity index (χ0) is 17.7. The standard InChI is InChI=1S/C20H18BrN5/c1-25-17-6-3-2-5-16(17)24-20(25)18-7-4-10-26(18)19-14-11-13(21)8-9-15(14)22-12-23-19/h2-3,5-6,8-9,11-12,18H,4,7,10H2,1H3. The van der Waals surface area contributed by atoms with E-state index in [1.54, 1.807) is 6.33 Å². The number of benzene rings is 2. The Morgan fingerprint density at radius 3 is 2.85 bits per heavy atom. The maximum absolute atomic E-state index is 4.94. The molecule has 2 aromatic carbocycles. The fourth-order valence-corrected chi connectivity index (χ4v) is 4.36. The highest BCUT2D eigenvalue weighted by Gasteiger charge is 2.31. The number of fused-ring (bicyclic) bond motifs is 2. The van der Waals surface area contributed by atoms with Gasteiger partial charge in [-0.1, -0.05) is 28.1 Å². The van der Waals surface area contributed by atoms with E-state index in [2.05, 4.69) is 66.7 Å². The normalized spacial score (nSPS) is 17.5. The van der Waals surface area contributed by atoms with E-state index in [0.717, 1.165) is 51.9 Å². The summed E-state index contributed by atoms with van der Waals surface area (Å²) in [4.78, 5) is 16.4. The van der Waals surface area contributed by atoms with Crippen molar-refractivity contribution in [2.45, 2.75) is 18.9 Å². The average molecular weight is 408 g/mol. The van der Waals surface area contributed by atoms with Crippen molar-refractivity contribution in [3.8, 4) is 0 Å². The molecule has 5 nitrogen and oxygen atoms in total. The van der Waals surface area contributed by atoms with E-state index in [4.69, 9.17) is 4.98 Å². The van der Waals surface area contributed by atoms with Gasteiger partial charge in [0.1, 0.15) is 18.0 Å². The van der Waals surface area contributed by atoms with E-state index in [1.807, 2.05) is 18.2 Å². The topological polar surface area (TPSA) is 46.8 Å². The van der Waals surface area contributed by atoms with E-state index in [1.165, 1.54) is 5.52 Å². The summed E-state index contributed by atoms with van der Waals surface area (Å²) in [5, 5.41) is 1.08. The minimum atomic E-state index is 0.226. The molecule has 2 aromatic heterocycles. The summed E-state index contributed by atoms with van der Waals surface area (Å²) in [6.07, 6.45) is 3.87. The van der Waals surface area contributed by atoms with Gasteiger partial charge >= 0.3 is 0 Å². The van der Waals surface area contributed by atoms with E-state index in [9.17, 15) is 0 Å². The summed E-state index contributed by atoms with van der Waals surface area (Å²) < 4.78 is 3.26. The summed E-state index contributed by atoms with van der Waals surface area (Å²) >= 11 is 3.58. The molecule has 0 amide bonds. The predicted molar refractivity (Wildman–Crippen MR) is 107 cm³/mol. The molecule has 0 saturated carbocycles. The van der Waals surface area contributed by atoms with Crippen LogP contribution < -0.4 is 4.90 Å². The lowest BCUT2D eigenvalue weighted by atomic mass is 10.2. The van der Waals surface area contributed by atoms with Gasteiger partial charge in [0.15, 0.2) is 0 Å². The van der Waals surface area contributed by atoms with E-state index in [-0.39, 0.29) is 6.04 Å². The number of halogens is 1. The average Bonchev–Trinajstić information content (AvgIpc) is 3.26. The number of hydrogen-bond donors (Lipinski definition) is 0. The van der Waals surface area contributed by atoms with Gasteiger partial charge in [-0.05, 0) is 43.2 Å². The molecule has 0 spiro atoms. The Bertz CT molecular complexity index is 1120. The van der Waals surface area contributed by atoms with Crippen LogP contribution in [0.2, 0.25) is 0 Å². The maximum Gasteiger partial charge on any atom is 0.140 e. The van der Waals surface area contributed by atoms with Crippen LogP contribution in [-0.4, -0.2) is 26.1 Å². The molecule has 1 aliphatic heterocycles. The number of aryl methyl sites for hydroxylation is 1. The number of nitrogens with zero attached hydrogens (tertiary/aromatic N) is 5. The molecular weight excluding hydrogens is 390 g/mol. The number of imidazole rings is 1. The quantitative estimate of drug-likeness (QED) is 0.486. The number of para-hydroxylation sites is 2. The van der Waals surface area contributed by atoms with Crippen molar-refractivity contribution in [2.24, 2.45) is 7.05 Å². The minimum Gasteiger partial charge on any atom is -0.346 e. The van der Waals surface area contributed by atoms with Gasteiger partial charge in [-0.25, -0.2) is 15.0 Å². The Morgan fingerprint density at radius 1 is 1.08 bits per heavy atom. The Balaban J connectivity index is 1.65. The van der Waals surface area contributed by atoms with Crippen LogP contribution in [0, 0.1) is 0 Å². The molecule has 1 aliphatic rings. The van der Waals surface area contributed by atoms with Crippen LogP contribution in [0.1, 0.15) is 24.7 Å². The number of hydrogen-bond acceptors (Lipinski definition) is 4. The highest BCUT2D eigenvalue weighted by Crippen LogP contribution is 2.38. The zero-order valence-corrected chi connectivity index (χ0v) is 16.0. The second kappa shape index (κ2) is 6.06. The second-order valence-corrected chi connectivity index (χ2v) is 7.64. The van der Waals surface area contributed by atoms with E-state index in [0.29, 0.717) is 0 Å². The molecule has 6 heteroatoms. The summed E-state index contributed by atoms with van der Waals surface area (Å²) in [7, 11) is 2.11. The predicted octanol–water partition coefficient (Wildman–Crippen LogP) is 4.62. The molecule has 130 valence electrons. The summed E-state index contributed by atoms with van der Waals surface area (Å²) in [6.45, 7) is 0.979. The molecule has 0 N–H and O–H groups in total. The molecule has 4 aromatic rings. The highest BCUT2D eigenvalue weighted by molar-refractivity contribution is 9.10. The summed E-state index contributed by atoms with van der Waals surface area (Å²) in [5.41, 5.74) is 3.19. The van der Waals surface area contributed by atoms with Crippen molar-refractivity contribution in [3.63, 3.8) is 0 Å². The Hall–Kier alpha value is -2.47. The third-order valence-corrected chi connectivity index (χ3v) is 5.71. The lowest BCUT2D eigenvalue weighted by Gasteiger charge is -2.26. The number of aromatic nitrogens is 4. The van der Waals surface area contributed by atoms with E-state index < -0.39 is 0 Å². The lowest BCUT2D eigenvalue weighted by molar-refractivity contribution is 0.634. The minimum absolute atomic E-state index is 0.226. The van der Waals surface area contributed by atoms with Crippen LogP contribution in [0.25, 0.3) is 21.9 Å². The van der Waals surface area contributed by atoms with Gasteiger partial charge < -0.3 is 9.47 Å². The molecule has 1 saturated heterocycles. The molecule has 0 radical (unpaired) electrons. The van der Waals surface area contributed by atoms with Gasteiger partial charge in [-0.2, -0.15) is 0 Å². The van der Waals surface area contributed by atoms with Gasteiger partial charge in [0.05, 0.1) is 22.6 Å². The van der Waals surface area contributed by atoms with Crippen molar-refractivity contribution < 1.29 is 0 Å². The number of anilines is 1. The molecular formula is C20H18BrN5. The Morgan fingerprint density at radius 2 is 1.96 bits per heavy atom. The maximum atomic E-state index is 4.94. The van der Waals surface area contributed by atoms with Gasteiger partial charge in [-0.15, -0.1) is 0 Å². The molecule has 1 atom stereocenters. The molecule has 1 fully saturated rings. The van der Waals surface area contributed by atoms with Crippen LogP contribution >= 0.6 is 15.9 Å². The first kappa shape index (κ1) is 15.8. The second-order valence-electron chi connectivity index (χ2n) is 6.73. The largest absolute Gasteiger partial charge is 0.346 e. The zero-order valence-electron chi connectivity index (χ0n) is 14.4. The van der Waals surface area contributed by atoms with Crippen LogP contribution in [0.3, 0.4) is 0 Å². The first-order valence-corrected chi connectivity index (χ1v) is 9.60. The third-order valence-electron chi connectivity index (χ3n) is 5.22. The monoisotopic (exact) mass is 407 g/mol. The van der Waals surface area contributed by atoms with Crippen LogP contribution in [0.4, 0.5) is 5.82 Å². The van der Waals surface area contributed by atoms with Crippen molar-refractivity contribution in [1.29, 1.82) is 0 Å². The summed E-state index contributed by atoms with van der Waals surface area (Å²) in [6, 6.07) is 14.7. The fourth-order valence-electron chi connectivity index (χ4n) is 3.99.